The molecule has 0 amide bonds. The Morgan fingerprint density at radius 2 is 1.89 bits per heavy atom. The van der Waals surface area contributed by atoms with E-state index in [1.54, 1.807) is 0 Å². The van der Waals surface area contributed by atoms with Crippen molar-refractivity contribution in [3.8, 4) is 0 Å². The van der Waals surface area contributed by atoms with Gasteiger partial charge in [0.15, 0.2) is 0 Å². The number of nitrogens with one attached hydrogen (secondary N) is 1. The number of benzene rings is 1. The van der Waals surface area contributed by atoms with E-state index in [2.05, 4.69) is 44.4 Å². The molecule has 3 N–H and O–H groups in total. The second kappa shape index (κ2) is 8.25. The molecule has 0 aliphatic carbocycles. The number of hydrogen-bond acceptors (Lipinski definition) is 3. The van der Waals surface area contributed by atoms with E-state index < -0.39 is 0 Å². The predicted octanol–water partition coefficient (Wildman–Crippen LogP) is 2.49. The summed E-state index contributed by atoms with van der Waals surface area (Å²) in [7, 11) is 0. The van der Waals surface area contributed by atoms with Gasteiger partial charge in [0, 0.05) is 19.3 Å². The Hall–Kier alpha value is -0.900. The van der Waals surface area contributed by atoms with Crippen molar-refractivity contribution in [3.05, 3.63) is 34.9 Å². The zero-order valence-electron chi connectivity index (χ0n) is 11.8. The van der Waals surface area contributed by atoms with Gasteiger partial charge in [-0.25, -0.2) is 0 Å². The monoisotopic (exact) mass is 250 g/mol. The molecule has 0 aliphatic rings. The molecule has 1 rings (SSSR count). The highest BCUT2D eigenvalue weighted by molar-refractivity contribution is 5.34. The van der Waals surface area contributed by atoms with Crippen LogP contribution in [0.15, 0.2) is 18.2 Å². The first-order chi connectivity index (χ1) is 8.69. The Labute approximate surface area is 111 Å². The molecule has 0 bridgehead atoms. The molecule has 0 saturated heterocycles. The van der Waals surface area contributed by atoms with Crippen LogP contribution in [0.25, 0.3) is 0 Å². The third-order valence-corrected chi connectivity index (χ3v) is 3.29. The molecule has 1 aromatic rings. The zero-order valence-corrected chi connectivity index (χ0v) is 11.8. The molecule has 0 fully saturated rings. The first-order valence-electron chi connectivity index (χ1n) is 6.78. The highest BCUT2D eigenvalue weighted by atomic mass is 16.5. The molecule has 102 valence electrons. The number of nitrogens with two attached hydrogens (primary N) is 1. The highest BCUT2D eigenvalue weighted by Gasteiger charge is 2.11. The van der Waals surface area contributed by atoms with Crippen molar-refractivity contribution < 1.29 is 4.74 Å². The van der Waals surface area contributed by atoms with E-state index in [9.17, 15) is 0 Å². The molecule has 0 saturated carbocycles. The largest absolute Gasteiger partial charge is 0.381 e. The molecule has 0 aromatic heterocycles. The van der Waals surface area contributed by atoms with Crippen molar-refractivity contribution in [2.45, 2.75) is 46.1 Å². The van der Waals surface area contributed by atoms with E-state index in [0.717, 1.165) is 32.5 Å². The lowest BCUT2D eigenvalue weighted by molar-refractivity contribution is 0.124. The maximum atomic E-state index is 5.63. The van der Waals surface area contributed by atoms with Crippen LogP contribution in [0.3, 0.4) is 0 Å². The summed E-state index contributed by atoms with van der Waals surface area (Å²) < 4.78 is 5.52. The van der Waals surface area contributed by atoms with E-state index >= 15 is 0 Å². The Morgan fingerprint density at radius 3 is 2.44 bits per heavy atom. The fraction of sp³-hybridized carbons (Fsp3) is 0.600. The van der Waals surface area contributed by atoms with Crippen LogP contribution in [0, 0.1) is 13.8 Å². The second-order valence-electron chi connectivity index (χ2n) is 4.84. The van der Waals surface area contributed by atoms with Gasteiger partial charge in [-0.05, 0) is 49.8 Å². The summed E-state index contributed by atoms with van der Waals surface area (Å²) in [5.41, 5.74) is 6.98. The lowest BCUT2D eigenvalue weighted by Gasteiger charge is -2.18. The minimum absolute atomic E-state index is 0.279. The number of aryl methyl sites for hydroxylation is 2. The lowest BCUT2D eigenvalue weighted by Crippen LogP contribution is -2.38. The molecule has 0 heterocycles. The summed E-state index contributed by atoms with van der Waals surface area (Å²) in [6, 6.07) is 6.69. The quantitative estimate of drug-likeness (QED) is 0.423. The van der Waals surface area contributed by atoms with Crippen LogP contribution in [0.5, 0.6) is 0 Å². The fourth-order valence-electron chi connectivity index (χ4n) is 2.13. The van der Waals surface area contributed by atoms with E-state index in [1.165, 1.54) is 16.7 Å². The van der Waals surface area contributed by atoms with Gasteiger partial charge in [0.05, 0.1) is 0 Å². The zero-order chi connectivity index (χ0) is 13.4. The molecule has 1 atom stereocenters. The summed E-state index contributed by atoms with van der Waals surface area (Å²) in [6.07, 6.45) is 2.98. The summed E-state index contributed by atoms with van der Waals surface area (Å²) >= 11 is 0. The molecule has 1 unspecified atom stereocenters. The van der Waals surface area contributed by atoms with E-state index in [1.807, 2.05) is 0 Å². The van der Waals surface area contributed by atoms with Crippen molar-refractivity contribution in [1.29, 1.82) is 0 Å². The van der Waals surface area contributed by atoms with Crippen LogP contribution in [0.1, 0.15) is 36.5 Å². The Balaban J connectivity index is 2.52. The fourth-order valence-corrected chi connectivity index (χ4v) is 2.13. The minimum Gasteiger partial charge on any atom is -0.381 e. The maximum absolute atomic E-state index is 5.63. The smallest absolute Gasteiger partial charge is 0.0481 e. The molecule has 0 radical (unpaired) electrons. The normalized spacial score (nSPS) is 12.7. The lowest BCUT2D eigenvalue weighted by atomic mass is 9.95. The number of rotatable bonds is 8. The highest BCUT2D eigenvalue weighted by Crippen LogP contribution is 2.16. The molecule has 3 heteroatoms. The van der Waals surface area contributed by atoms with Crippen molar-refractivity contribution in [3.63, 3.8) is 0 Å². The number of ether oxygens (including phenoxy) is 1. The molecular weight excluding hydrogens is 224 g/mol. The van der Waals surface area contributed by atoms with Gasteiger partial charge in [-0.3, -0.25) is 11.3 Å². The average molecular weight is 250 g/mol. The van der Waals surface area contributed by atoms with Crippen LogP contribution in [0.2, 0.25) is 0 Å². The Kier molecular flexibility index (Phi) is 6.94. The molecule has 18 heavy (non-hydrogen) atoms. The average Bonchev–Trinajstić information content (AvgIpc) is 2.36. The summed E-state index contributed by atoms with van der Waals surface area (Å²) in [4.78, 5) is 0. The minimum atomic E-state index is 0.279. The van der Waals surface area contributed by atoms with Crippen LogP contribution < -0.4 is 11.3 Å². The van der Waals surface area contributed by atoms with Crippen molar-refractivity contribution in [2.24, 2.45) is 5.84 Å². The van der Waals surface area contributed by atoms with E-state index in [0.29, 0.717) is 0 Å². The van der Waals surface area contributed by atoms with Gasteiger partial charge in [0.2, 0.25) is 0 Å². The van der Waals surface area contributed by atoms with Crippen LogP contribution >= 0.6 is 0 Å². The van der Waals surface area contributed by atoms with Gasteiger partial charge in [0.1, 0.15) is 0 Å². The van der Waals surface area contributed by atoms with Crippen molar-refractivity contribution in [2.75, 3.05) is 13.2 Å². The second-order valence-corrected chi connectivity index (χ2v) is 4.84. The number of hydrogen-bond donors (Lipinski definition) is 2. The van der Waals surface area contributed by atoms with E-state index in [-0.39, 0.29) is 6.04 Å². The van der Waals surface area contributed by atoms with E-state index in [4.69, 9.17) is 10.6 Å². The van der Waals surface area contributed by atoms with Crippen molar-refractivity contribution >= 4 is 0 Å². The van der Waals surface area contributed by atoms with Gasteiger partial charge in [-0.2, -0.15) is 0 Å². The van der Waals surface area contributed by atoms with Crippen LogP contribution in [0.4, 0.5) is 0 Å². The predicted molar refractivity (Wildman–Crippen MR) is 76.5 cm³/mol. The van der Waals surface area contributed by atoms with Crippen LogP contribution in [-0.4, -0.2) is 19.3 Å². The van der Waals surface area contributed by atoms with Gasteiger partial charge >= 0.3 is 0 Å². The topological polar surface area (TPSA) is 47.3 Å². The van der Waals surface area contributed by atoms with Gasteiger partial charge < -0.3 is 4.74 Å². The summed E-state index contributed by atoms with van der Waals surface area (Å²) in [6.45, 7) is 8.04. The third-order valence-electron chi connectivity index (χ3n) is 3.29. The Morgan fingerprint density at radius 1 is 1.22 bits per heavy atom. The number of hydrazine groups is 1. The van der Waals surface area contributed by atoms with Crippen LogP contribution in [-0.2, 0) is 11.2 Å². The first-order valence-corrected chi connectivity index (χ1v) is 6.78. The first kappa shape index (κ1) is 15.2. The summed E-state index contributed by atoms with van der Waals surface area (Å²) in [5, 5.41) is 0. The van der Waals surface area contributed by atoms with Gasteiger partial charge in [0.25, 0.3) is 0 Å². The third kappa shape index (κ3) is 4.77. The molecule has 0 spiro atoms. The van der Waals surface area contributed by atoms with Gasteiger partial charge in [-0.15, -0.1) is 0 Å². The molecular formula is C15H26N2O. The SMILES string of the molecule is CCCOCCC(Cc1c(C)cccc1C)NN. The molecule has 3 nitrogen and oxygen atoms in total. The maximum Gasteiger partial charge on any atom is 0.0481 e. The standard InChI is InChI=1S/C15H26N2O/c1-4-9-18-10-8-14(17-16)11-15-12(2)6-5-7-13(15)3/h5-7,14,17H,4,8-11,16H2,1-3H3. The molecule has 0 aliphatic heterocycles. The van der Waals surface area contributed by atoms with Crippen molar-refractivity contribution in [1.82, 2.24) is 5.43 Å². The summed E-state index contributed by atoms with van der Waals surface area (Å²) in [5.74, 6) is 5.63. The molecule has 1 aromatic carbocycles. The van der Waals surface area contributed by atoms with Gasteiger partial charge in [-0.1, -0.05) is 25.1 Å². The Bertz CT molecular complexity index is 332.